The molecule has 0 radical (unpaired) electrons. The standard InChI is InChI=1S/C14H18N4O2/c1-20-14(19)12-10-3-2-4-11(15)18(10)13(17-12)9-5-7-16-8-6-9/h2-4,9,16H,5-8,15H2,1H3. The maximum atomic E-state index is 11.9. The minimum Gasteiger partial charge on any atom is -0.464 e. The number of anilines is 1. The highest BCUT2D eigenvalue weighted by Gasteiger charge is 2.25. The average molecular weight is 274 g/mol. The van der Waals surface area contributed by atoms with Crippen LogP contribution in [0.2, 0.25) is 0 Å². The molecule has 1 aliphatic heterocycles. The van der Waals surface area contributed by atoms with Crippen LogP contribution in [0, 0.1) is 0 Å². The zero-order valence-electron chi connectivity index (χ0n) is 11.4. The van der Waals surface area contributed by atoms with E-state index in [0.717, 1.165) is 31.8 Å². The van der Waals surface area contributed by atoms with Crippen molar-refractivity contribution in [3.8, 4) is 0 Å². The lowest BCUT2D eigenvalue weighted by Gasteiger charge is -2.21. The summed E-state index contributed by atoms with van der Waals surface area (Å²) in [4.78, 5) is 16.4. The molecule has 0 saturated carbocycles. The Morgan fingerprint density at radius 1 is 1.45 bits per heavy atom. The van der Waals surface area contributed by atoms with Gasteiger partial charge < -0.3 is 15.8 Å². The number of methoxy groups -OCH3 is 1. The van der Waals surface area contributed by atoms with E-state index in [0.29, 0.717) is 22.9 Å². The van der Waals surface area contributed by atoms with E-state index in [4.69, 9.17) is 10.5 Å². The molecule has 2 aromatic heterocycles. The van der Waals surface area contributed by atoms with E-state index >= 15 is 0 Å². The van der Waals surface area contributed by atoms with Crippen LogP contribution in [0.5, 0.6) is 0 Å². The van der Waals surface area contributed by atoms with E-state index in [2.05, 4.69) is 10.3 Å². The van der Waals surface area contributed by atoms with Crippen LogP contribution in [0.15, 0.2) is 18.2 Å². The summed E-state index contributed by atoms with van der Waals surface area (Å²) in [5, 5.41) is 3.33. The summed E-state index contributed by atoms with van der Waals surface area (Å²) in [6.07, 6.45) is 1.99. The second-order valence-electron chi connectivity index (χ2n) is 5.01. The first-order valence-corrected chi connectivity index (χ1v) is 6.78. The molecule has 106 valence electrons. The molecule has 0 atom stereocenters. The lowest BCUT2D eigenvalue weighted by atomic mass is 9.97. The number of aromatic nitrogens is 2. The maximum Gasteiger partial charge on any atom is 0.358 e. The summed E-state index contributed by atoms with van der Waals surface area (Å²) >= 11 is 0. The van der Waals surface area contributed by atoms with E-state index in [1.807, 2.05) is 22.6 Å². The number of nitrogens with two attached hydrogens (primary N) is 1. The minimum atomic E-state index is -0.423. The molecule has 2 aromatic rings. The fourth-order valence-electron chi connectivity index (χ4n) is 2.79. The fourth-order valence-corrected chi connectivity index (χ4v) is 2.79. The van der Waals surface area contributed by atoms with E-state index < -0.39 is 5.97 Å². The van der Waals surface area contributed by atoms with Crippen LogP contribution in [0.3, 0.4) is 0 Å². The monoisotopic (exact) mass is 274 g/mol. The largest absolute Gasteiger partial charge is 0.464 e. The van der Waals surface area contributed by atoms with Gasteiger partial charge in [0.15, 0.2) is 5.69 Å². The van der Waals surface area contributed by atoms with Gasteiger partial charge in [-0.3, -0.25) is 4.40 Å². The van der Waals surface area contributed by atoms with Gasteiger partial charge in [0, 0.05) is 5.92 Å². The van der Waals surface area contributed by atoms with Crippen molar-refractivity contribution in [2.45, 2.75) is 18.8 Å². The highest BCUT2D eigenvalue weighted by molar-refractivity contribution is 5.95. The molecule has 6 nitrogen and oxygen atoms in total. The summed E-state index contributed by atoms with van der Waals surface area (Å²) in [5.41, 5.74) is 7.13. The van der Waals surface area contributed by atoms with Gasteiger partial charge in [0.2, 0.25) is 0 Å². The van der Waals surface area contributed by atoms with E-state index in [1.165, 1.54) is 7.11 Å². The van der Waals surface area contributed by atoms with Gasteiger partial charge in [-0.2, -0.15) is 0 Å². The number of hydrogen-bond donors (Lipinski definition) is 2. The molecule has 0 aromatic carbocycles. The number of hydrogen-bond acceptors (Lipinski definition) is 5. The molecular weight excluding hydrogens is 256 g/mol. The number of carbonyl (C=O) groups excluding carboxylic acids is 1. The smallest absolute Gasteiger partial charge is 0.358 e. The van der Waals surface area contributed by atoms with E-state index in [1.54, 1.807) is 0 Å². The number of piperidine rings is 1. The molecule has 1 fully saturated rings. The molecule has 1 saturated heterocycles. The summed E-state index contributed by atoms with van der Waals surface area (Å²) in [5.74, 6) is 1.35. The van der Waals surface area contributed by atoms with Crippen molar-refractivity contribution in [3.05, 3.63) is 29.7 Å². The first-order chi connectivity index (χ1) is 9.72. The zero-order valence-corrected chi connectivity index (χ0v) is 11.4. The summed E-state index contributed by atoms with van der Waals surface area (Å²) in [6.45, 7) is 1.92. The quantitative estimate of drug-likeness (QED) is 0.803. The third-order valence-corrected chi connectivity index (χ3v) is 3.80. The Bertz CT molecular complexity index is 644. The second kappa shape index (κ2) is 5.13. The van der Waals surface area contributed by atoms with Gasteiger partial charge in [-0.05, 0) is 38.1 Å². The molecule has 0 amide bonds. The fraction of sp³-hybridized carbons (Fsp3) is 0.429. The number of rotatable bonds is 2. The number of ether oxygens (including phenoxy) is 1. The Hall–Kier alpha value is -2.08. The number of nitrogens with one attached hydrogen (secondary N) is 1. The summed E-state index contributed by atoms with van der Waals surface area (Å²) in [7, 11) is 1.37. The number of fused-ring (bicyclic) bond motifs is 1. The van der Waals surface area contributed by atoms with Crippen LogP contribution in [0.4, 0.5) is 5.82 Å². The topological polar surface area (TPSA) is 81.6 Å². The number of carbonyl (C=O) groups is 1. The SMILES string of the molecule is COC(=O)c1nc(C2CCNCC2)n2c(N)cccc12. The lowest BCUT2D eigenvalue weighted by molar-refractivity contribution is 0.0596. The molecule has 0 bridgehead atoms. The predicted molar refractivity (Wildman–Crippen MR) is 75.8 cm³/mol. The van der Waals surface area contributed by atoms with Gasteiger partial charge in [-0.15, -0.1) is 0 Å². The van der Waals surface area contributed by atoms with Gasteiger partial charge in [0.1, 0.15) is 11.6 Å². The molecule has 3 rings (SSSR count). The zero-order chi connectivity index (χ0) is 14.1. The normalized spacial score (nSPS) is 16.4. The van der Waals surface area contributed by atoms with Gasteiger partial charge in [-0.25, -0.2) is 9.78 Å². The third kappa shape index (κ3) is 2.02. The predicted octanol–water partition coefficient (Wildman–Crippen LogP) is 1.17. The van der Waals surface area contributed by atoms with Crippen molar-refractivity contribution in [1.82, 2.24) is 14.7 Å². The first-order valence-electron chi connectivity index (χ1n) is 6.78. The molecule has 1 aliphatic rings. The summed E-state index contributed by atoms with van der Waals surface area (Å²) < 4.78 is 6.69. The van der Waals surface area contributed by atoms with Crippen molar-refractivity contribution >= 4 is 17.3 Å². The Morgan fingerprint density at radius 3 is 2.90 bits per heavy atom. The molecule has 0 aliphatic carbocycles. The van der Waals surface area contributed by atoms with E-state index in [-0.39, 0.29) is 0 Å². The number of imidazole rings is 1. The van der Waals surface area contributed by atoms with Crippen LogP contribution >= 0.6 is 0 Å². The number of pyridine rings is 1. The van der Waals surface area contributed by atoms with Crippen molar-refractivity contribution in [2.75, 3.05) is 25.9 Å². The highest BCUT2D eigenvalue weighted by atomic mass is 16.5. The van der Waals surface area contributed by atoms with Crippen molar-refractivity contribution in [3.63, 3.8) is 0 Å². The summed E-state index contributed by atoms with van der Waals surface area (Å²) in [6, 6.07) is 5.49. The minimum absolute atomic E-state index is 0.312. The Morgan fingerprint density at radius 2 is 2.20 bits per heavy atom. The molecule has 3 N–H and O–H groups in total. The Kier molecular flexibility index (Phi) is 3.31. The van der Waals surface area contributed by atoms with Crippen LogP contribution < -0.4 is 11.1 Å². The van der Waals surface area contributed by atoms with Gasteiger partial charge in [-0.1, -0.05) is 6.07 Å². The van der Waals surface area contributed by atoms with E-state index in [9.17, 15) is 4.79 Å². The molecule has 20 heavy (non-hydrogen) atoms. The highest BCUT2D eigenvalue weighted by Crippen LogP contribution is 2.28. The van der Waals surface area contributed by atoms with Gasteiger partial charge >= 0.3 is 5.97 Å². The number of esters is 1. The maximum absolute atomic E-state index is 11.9. The number of nitrogen functional groups attached to an aromatic ring is 1. The van der Waals surface area contributed by atoms with Crippen molar-refractivity contribution in [1.29, 1.82) is 0 Å². The Balaban J connectivity index is 2.18. The van der Waals surface area contributed by atoms with Gasteiger partial charge in [0.25, 0.3) is 0 Å². The first kappa shape index (κ1) is 12.9. The number of nitrogens with zero attached hydrogens (tertiary/aromatic N) is 2. The average Bonchev–Trinajstić information content (AvgIpc) is 2.88. The van der Waals surface area contributed by atoms with Crippen LogP contribution in [0.25, 0.3) is 5.52 Å². The van der Waals surface area contributed by atoms with Crippen LogP contribution in [-0.2, 0) is 4.74 Å². The van der Waals surface area contributed by atoms with Crippen molar-refractivity contribution in [2.24, 2.45) is 0 Å². The second-order valence-corrected chi connectivity index (χ2v) is 5.01. The molecule has 3 heterocycles. The van der Waals surface area contributed by atoms with Gasteiger partial charge in [0.05, 0.1) is 12.6 Å². The third-order valence-electron chi connectivity index (χ3n) is 3.80. The Labute approximate surface area is 116 Å². The lowest BCUT2D eigenvalue weighted by Crippen LogP contribution is -2.27. The van der Waals surface area contributed by atoms with Crippen molar-refractivity contribution < 1.29 is 9.53 Å². The van der Waals surface area contributed by atoms with Crippen LogP contribution in [0.1, 0.15) is 35.1 Å². The van der Waals surface area contributed by atoms with Crippen LogP contribution in [-0.4, -0.2) is 35.6 Å². The molecule has 0 spiro atoms. The molecule has 6 heteroatoms. The molecule has 0 unspecified atom stereocenters. The molecular formula is C14H18N4O2.